The molecule has 0 radical (unpaired) electrons. The molecule has 2 rings (SSSR count). The molecule has 0 spiro atoms. The number of hydrogen-bond acceptors (Lipinski definition) is 6. The lowest BCUT2D eigenvalue weighted by Crippen LogP contribution is -2.41. The van der Waals surface area contributed by atoms with Gasteiger partial charge in [0.1, 0.15) is 0 Å². The molecule has 1 aromatic heterocycles. The zero-order valence-electron chi connectivity index (χ0n) is 13.4. The van der Waals surface area contributed by atoms with Crippen molar-refractivity contribution >= 4 is 28.7 Å². The Morgan fingerprint density at radius 2 is 1.96 bits per heavy atom. The minimum absolute atomic E-state index is 0.0957. The number of benzene rings is 1. The maximum absolute atomic E-state index is 12.2. The molecule has 0 aliphatic heterocycles. The van der Waals surface area contributed by atoms with Crippen LogP contribution in [-0.2, 0) is 16.6 Å². The molecule has 0 fully saturated rings. The number of esters is 1. The van der Waals surface area contributed by atoms with E-state index in [-0.39, 0.29) is 17.8 Å². The van der Waals surface area contributed by atoms with E-state index < -0.39 is 24.5 Å². The summed E-state index contributed by atoms with van der Waals surface area (Å²) in [5.41, 5.74) is -0.453. The standard InChI is InChI=1S/C16H16N4O5/c1-3-8-17-16(24)18-12(21)9-25-15(23)13-10-6-4-5-7-11(10)14(22)20(2)19-13/h3-7H,1,8-9H2,2H3,(H2,17,18,21,24). The number of ether oxygens (including phenoxy) is 1. The molecule has 0 bridgehead atoms. The molecule has 0 atom stereocenters. The summed E-state index contributed by atoms with van der Waals surface area (Å²) in [6.45, 7) is 2.93. The van der Waals surface area contributed by atoms with Crippen molar-refractivity contribution in [2.45, 2.75) is 0 Å². The van der Waals surface area contributed by atoms with Crippen LogP contribution in [0.1, 0.15) is 10.5 Å². The van der Waals surface area contributed by atoms with Gasteiger partial charge in [0, 0.05) is 19.0 Å². The largest absolute Gasteiger partial charge is 0.451 e. The zero-order chi connectivity index (χ0) is 18.4. The van der Waals surface area contributed by atoms with Crippen molar-refractivity contribution in [1.29, 1.82) is 0 Å². The average molecular weight is 344 g/mol. The second-order valence-corrected chi connectivity index (χ2v) is 4.95. The highest BCUT2D eigenvalue weighted by atomic mass is 16.5. The smallest absolute Gasteiger partial charge is 0.359 e. The lowest BCUT2D eigenvalue weighted by Gasteiger charge is -2.08. The second kappa shape index (κ2) is 7.86. The SMILES string of the molecule is C=CCNC(=O)NC(=O)COC(=O)c1nn(C)c(=O)c2ccccc12. The average Bonchev–Trinajstić information content (AvgIpc) is 2.61. The van der Waals surface area contributed by atoms with Crippen LogP contribution in [0.3, 0.4) is 0 Å². The Hall–Kier alpha value is -3.49. The molecule has 0 aliphatic rings. The summed E-state index contributed by atoms with van der Waals surface area (Å²) in [6.07, 6.45) is 1.44. The lowest BCUT2D eigenvalue weighted by molar-refractivity contribution is -0.123. The van der Waals surface area contributed by atoms with Gasteiger partial charge in [-0.1, -0.05) is 24.3 Å². The van der Waals surface area contributed by atoms with Crippen LogP contribution in [0.25, 0.3) is 10.8 Å². The molecule has 1 aromatic carbocycles. The van der Waals surface area contributed by atoms with Crippen LogP contribution in [0.5, 0.6) is 0 Å². The van der Waals surface area contributed by atoms with E-state index in [1.807, 2.05) is 5.32 Å². The van der Waals surface area contributed by atoms with Crippen molar-refractivity contribution in [2.24, 2.45) is 7.05 Å². The number of carbonyl (C=O) groups excluding carboxylic acids is 3. The lowest BCUT2D eigenvalue weighted by atomic mass is 10.1. The van der Waals surface area contributed by atoms with Crippen molar-refractivity contribution in [1.82, 2.24) is 20.4 Å². The highest BCUT2D eigenvalue weighted by Crippen LogP contribution is 2.13. The number of nitrogens with one attached hydrogen (secondary N) is 2. The Bertz CT molecular complexity index is 903. The van der Waals surface area contributed by atoms with E-state index in [9.17, 15) is 19.2 Å². The third kappa shape index (κ3) is 4.28. The molecule has 25 heavy (non-hydrogen) atoms. The van der Waals surface area contributed by atoms with Crippen LogP contribution in [0.2, 0.25) is 0 Å². The topological polar surface area (TPSA) is 119 Å². The zero-order valence-corrected chi connectivity index (χ0v) is 13.4. The summed E-state index contributed by atoms with van der Waals surface area (Å²) in [4.78, 5) is 47.1. The summed E-state index contributed by atoms with van der Waals surface area (Å²) in [5.74, 6) is -1.68. The van der Waals surface area contributed by atoms with Gasteiger partial charge in [-0.25, -0.2) is 14.3 Å². The maximum atomic E-state index is 12.2. The van der Waals surface area contributed by atoms with Gasteiger partial charge in [-0.2, -0.15) is 5.10 Å². The maximum Gasteiger partial charge on any atom is 0.359 e. The first-order valence-electron chi connectivity index (χ1n) is 7.25. The fraction of sp³-hybridized carbons (Fsp3) is 0.188. The third-order valence-corrected chi connectivity index (χ3v) is 3.14. The molecule has 0 unspecified atom stereocenters. The predicted molar refractivity (Wildman–Crippen MR) is 89.0 cm³/mol. The van der Waals surface area contributed by atoms with Crippen molar-refractivity contribution < 1.29 is 19.1 Å². The summed E-state index contributed by atoms with van der Waals surface area (Å²) >= 11 is 0. The second-order valence-electron chi connectivity index (χ2n) is 4.95. The Morgan fingerprint density at radius 1 is 1.28 bits per heavy atom. The number of carbonyl (C=O) groups is 3. The van der Waals surface area contributed by atoms with Gasteiger partial charge in [0.05, 0.1) is 5.39 Å². The molecule has 0 saturated carbocycles. The molecule has 1 heterocycles. The van der Waals surface area contributed by atoms with E-state index in [2.05, 4.69) is 17.0 Å². The number of hydrogen-bond donors (Lipinski definition) is 2. The molecular formula is C16H16N4O5. The van der Waals surface area contributed by atoms with Gasteiger partial charge in [-0.15, -0.1) is 6.58 Å². The fourth-order valence-electron chi connectivity index (χ4n) is 2.02. The Labute approximate surface area is 142 Å². The van der Waals surface area contributed by atoms with Gasteiger partial charge >= 0.3 is 12.0 Å². The Morgan fingerprint density at radius 3 is 2.64 bits per heavy atom. The highest BCUT2D eigenvalue weighted by molar-refractivity contribution is 6.03. The van der Waals surface area contributed by atoms with Crippen LogP contribution in [0.15, 0.2) is 41.7 Å². The van der Waals surface area contributed by atoms with Gasteiger partial charge in [0.25, 0.3) is 11.5 Å². The summed E-state index contributed by atoms with van der Waals surface area (Å²) < 4.78 is 5.88. The first-order valence-corrected chi connectivity index (χ1v) is 7.25. The molecule has 3 amide bonds. The number of fused-ring (bicyclic) bond motifs is 1. The number of aromatic nitrogens is 2. The van der Waals surface area contributed by atoms with Crippen LogP contribution < -0.4 is 16.2 Å². The van der Waals surface area contributed by atoms with Crippen molar-refractivity contribution in [3.8, 4) is 0 Å². The molecule has 130 valence electrons. The third-order valence-electron chi connectivity index (χ3n) is 3.14. The van der Waals surface area contributed by atoms with Crippen LogP contribution in [0.4, 0.5) is 4.79 Å². The molecule has 0 saturated heterocycles. The number of amides is 3. The Kier molecular flexibility index (Phi) is 5.62. The molecule has 2 N–H and O–H groups in total. The minimum atomic E-state index is -0.881. The van der Waals surface area contributed by atoms with Gasteiger partial charge in [0.15, 0.2) is 12.3 Å². The van der Waals surface area contributed by atoms with Crippen LogP contribution in [0, 0.1) is 0 Å². The van der Waals surface area contributed by atoms with E-state index in [0.29, 0.717) is 10.8 Å². The van der Waals surface area contributed by atoms with Gasteiger partial charge in [0.2, 0.25) is 0 Å². The first-order chi connectivity index (χ1) is 11.9. The Balaban J connectivity index is 2.09. The molecule has 2 aromatic rings. The van der Waals surface area contributed by atoms with Crippen LogP contribution in [-0.4, -0.2) is 40.8 Å². The highest BCUT2D eigenvalue weighted by Gasteiger charge is 2.18. The van der Waals surface area contributed by atoms with E-state index in [1.54, 1.807) is 24.3 Å². The van der Waals surface area contributed by atoms with Gasteiger partial charge < -0.3 is 10.1 Å². The number of imide groups is 1. The monoisotopic (exact) mass is 344 g/mol. The van der Waals surface area contributed by atoms with E-state index in [1.165, 1.54) is 13.1 Å². The number of nitrogens with zero attached hydrogens (tertiary/aromatic N) is 2. The number of urea groups is 1. The molecule has 9 heteroatoms. The van der Waals surface area contributed by atoms with E-state index in [0.717, 1.165) is 4.68 Å². The molecule has 9 nitrogen and oxygen atoms in total. The number of aryl methyl sites for hydroxylation is 1. The molecular weight excluding hydrogens is 328 g/mol. The summed E-state index contributed by atoms with van der Waals surface area (Å²) in [5, 5.41) is 8.84. The minimum Gasteiger partial charge on any atom is -0.451 e. The quantitative estimate of drug-likeness (QED) is 0.586. The fourth-order valence-corrected chi connectivity index (χ4v) is 2.02. The number of rotatable bonds is 5. The normalized spacial score (nSPS) is 10.1. The van der Waals surface area contributed by atoms with Crippen molar-refractivity contribution in [3.05, 3.63) is 53.0 Å². The summed E-state index contributed by atoms with van der Waals surface area (Å²) in [7, 11) is 1.40. The van der Waals surface area contributed by atoms with E-state index >= 15 is 0 Å². The van der Waals surface area contributed by atoms with Crippen molar-refractivity contribution in [2.75, 3.05) is 13.2 Å². The van der Waals surface area contributed by atoms with Gasteiger partial charge in [-0.3, -0.25) is 14.9 Å². The van der Waals surface area contributed by atoms with Gasteiger partial charge in [-0.05, 0) is 6.07 Å². The van der Waals surface area contributed by atoms with Crippen molar-refractivity contribution in [3.63, 3.8) is 0 Å². The summed E-state index contributed by atoms with van der Waals surface area (Å²) in [6, 6.07) is 5.70. The van der Waals surface area contributed by atoms with E-state index in [4.69, 9.17) is 4.74 Å². The first kappa shape index (κ1) is 17.9. The molecule has 0 aliphatic carbocycles. The van der Waals surface area contributed by atoms with Crippen LogP contribution >= 0.6 is 0 Å². The predicted octanol–water partition coefficient (Wildman–Crippen LogP) is 0.102.